The molecule has 1 heterocycles. The number of benzene rings is 2. The maximum absolute atomic E-state index is 6.10. The number of hydrogen-bond donors (Lipinski definition) is 1. The van der Waals surface area contributed by atoms with Gasteiger partial charge in [0.05, 0.1) is 33.4 Å². The third-order valence-electron chi connectivity index (χ3n) is 3.11. The van der Waals surface area contributed by atoms with E-state index in [0.29, 0.717) is 28.1 Å². The first-order valence-electron chi connectivity index (χ1n) is 6.46. The second-order valence-electron chi connectivity index (χ2n) is 4.49. The highest BCUT2D eigenvalue weighted by molar-refractivity contribution is 6.42. The van der Waals surface area contributed by atoms with E-state index in [1.165, 1.54) is 0 Å². The molecule has 108 valence electrons. The molecule has 3 aromatic rings. The Labute approximate surface area is 132 Å². The number of imidazole rings is 1. The molecule has 0 radical (unpaired) electrons. The van der Waals surface area contributed by atoms with Gasteiger partial charge in [0.2, 0.25) is 5.95 Å². The fourth-order valence-corrected chi connectivity index (χ4v) is 2.56. The van der Waals surface area contributed by atoms with Crippen molar-refractivity contribution in [2.75, 3.05) is 12.3 Å². The molecule has 0 amide bonds. The van der Waals surface area contributed by atoms with Crippen molar-refractivity contribution in [1.29, 1.82) is 0 Å². The molecule has 0 unspecified atom stereocenters. The maximum atomic E-state index is 6.10. The molecule has 0 fully saturated rings. The van der Waals surface area contributed by atoms with Crippen molar-refractivity contribution in [3.05, 3.63) is 46.4 Å². The molecule has 0 aliphatic heterocycles. The summed E-state index contributed by atoms with van der Waals surface area (Å²) in [4.78, 5) is 4.32. The van der Waals surface area contributed by atoms with E-state index in [1.54, 1.807) is 12.1 Å². The van der Waals surface area contributed by atoms with Crippen molar-refractivity contribution in [2.24, 2.45) is 0 Å². The lowest BCUT2D eigenvalue weighted by Crippen LogP contribution is -2.01. The molecule has 3 rings (SSSR count). The van der Waals surface area contributed by atoms with E-state index >= 15 is 0 Å². The maximum Gasteiger partial charge on any atom is 0.205 e. The van der Waals surface area contributed by atoms with Crippen LogP contribution in [0.2, 0.25) is 10.0 Å². The molecule has 2 aromatic carbocycles. The van der Waals surface area contributed by atoms with E-state index in [0.717, 1.165) is 17.0 Å². The quantitative estimate of drug-likeness (QED) is 0.781. The van der Waals surface area contributed by atoms with Crippen LogP contribution in [0.15, 0.2) is 36.4 Å². The monoisotopic (exact) mass is 321 g/mol. The molecule has 0 aliphatic rings. The zero-order valence-corrected chi connectivity index (χ0v) is 12.8. The normalized spacial score (nSPS) is 11.0. The molecule has 0 aliphatic carbocycles. The average molecular weight is 322 g/mol. The van der Waals surface area contributed by atoms with Crippen LogP contribution in [0.5, 0.6) is 5.75 Å². The molecule has 2 N–H and O–H groups in total. The second kappa shape index (κ2) is 5.47. The van der Waals surface area contributed by atoms with Crippen LogP contribution in [0.1, 0.15) is 6.92 Å². The highest BCUT2D eigenvalue weighted by Crippen LogP contribution is 2.31. The van der Waals surface area contributed by atoms with Gasteiger partial charge in [-0.2, -0.15) is 0 Å². The summed E-state index contributed by atoms with van der Waals surface area (Å²) in [7, 11) is 0. The van der Waals surface area contributed by atoms with Crippen LogP contribution in [0.3, 0.4) is 0 Å². The van der Waals surface area contributed by atoms with Gasteiger partial charge in [0.1, 0.15) is 5.75 Å². The SMILES string of the molecule is CCOc1cccc(-n2c(N)nc3cc(Cl)c(Cl)cc32)c1. The average Bonchev–Trinajstić information content (AvgIpc) is 2.75. The van der Waals surface area contributed by atoms with Crippen LogP contribution < -0.4 is 10.5 Å². The van der Waals surface area contributed by atoms with Crippen LogP contribution in [0.25, 0.3) is 16.7 Å². The van der Waals surface area contributed by atoms with Gasteiger partial charge < -0.3 is 10.5 Å². The number of nitrogen functional groups attached to an aromatic ring is 1. The molecule has 4 nitrogen and oxygen atoms in total. The van der Waals surface area contributed by atoms with Gasteiger partial charge in [0, 0.05) is 6.07 Å². The van der Waals surface area contributed by atoms with Crippen molar-refractivity contribution in [1.82, 2.24) is 9.55 Å². The lowest BCUT2D eigenvalue weighted by molar-refractivity contribution is 0.340. The summed E-state index contributed by atoms with van der Waals surface area (Å²) in [6.45, 7) is 2.54. The molecule has 21 heavy (non-hydrogen) atoms. The first-order valence-corrected chi connectivity index (χ1v) is 7.22. The Morgan fingerprint density at radius 3 is 2.71 bits per heavy atom. The molecular weight excluding hydrogens is 309 g/mol. The third-order valence-corrected chi connectivity index (χ3v) is 3.83. The van der Waals surface area contributed by atoms with Crippen molar-refractivity contribution in [2.45, 2.75) is 6.92 Å². The number of rotatable bonds is 3. The summed E-state index contributed by atoms with van der Waals surface area (Å²) < 4.78 is 7.34. The number of fused-ring (bicyclic) bond motifs is 1. The van der Waals surface area contributed by atoms with Crippen LogP contribution in [-0.4, -0.2) is 16.2 Å². The van der Waals surface area contributed by atoms with Crippen molar-refractivity contribution < 1.29 is 4.74 Å². The predicted octanol–water partition coefficient (Wildman–Crippen LogP) is 4.31. The molecular formula is C15H13Cl2N3O. The van der Waals surface area contributed by atoms with Crippen molar-refractivity contribution in [3.63, 3.8) is 0 Å². The Balaban J connectivity index is 2.22. The van der Waals surface area contributed by atoms with Gasteiger partial charge in [-0.05, 0) is 31.2 Å². The van der Waals surface area contributed by atoms with Crippen LogP contribution in [-0.2, 0) is 0 Å². The topological polar surface area (TPSA) is 53.1 Å². The highest BCUT2D eigenvalue weighted by atomic mass is 35.5. The van der Waals surface area contributed by atoms with E-state index in [4.69, 9.17) is 33.7 Å². The number of ether oxygens (including phenoxy) is 1. The van der Waals surface area contributed by atoms with E-state index in [9.17, 15) is 0 Å². The van der Waals surface area contributed by atoms with E-state index in [2.05, 4.69) is 4.98 Å². The van der Waals surface area contributed by atoms with Crippen molar-refractivity contribution >= 4 is 40.2 Å². The predicted molar refractivity (Wildman–Crippen MR) is 86.7 cm³/mol. The Kier molecular flexibility index (Phi) is 3.66. The van der Waals surface area contributed by atoms with Crippen molar-refractivity contribution in [3.8, 4) is 11.4 Å². The molecule has 0 atom stereocenters. The molecule has 0 spiro atoms. The molecule has 1 aromatic heterocycles. The molecule has 0 bridgehead atoms. The van der Waals surface area contributed by atoms with Gasteiger partial charge >= 0.3 is 0 Å². The second-order valence-corrected chi connectivity index (χ2v) is 5.31. The zero-order valence-electron chi connectivity index (χ0n) is 11.3. The molecule has 0 saturated carbocycles. The minimum atomic E-state index is 0.372. The number of nitrogens with zero attached hydrogens (tertiary/aromatic N) is 2. The van der Waals surface area contributed by atoms with Gasteiger partial charge in [-0.15, -0.1) is 0 Å². The van der Waals surface area contributed by atoms with Crippen LogP contribution >= 0.6 is 23.2 Å². The van der Waals surface area contributed by atoms with Gasteiger partial charge in [0.15, 0.2) is 0 Å². The first kappa shape index (κ1) is 14.0. The summed E-state index contributed by atoms with van der Waals surface area (Å²) in [5.41, 5.74) is 8.39. The number of hydrogen-bond acceptors (Lipinski definition) is 3. The first-order chi connectivity index (χ1) is 10.1. The van der Waals surface area contributed by atoms with Crippen LogP contribution in [0, 0.1) is 0 Å². The number of halogens is 2. The Bertz CT molecular complexity index is 814. The van der Waals surface area contributed by atoms with E-state index in [-0.39, 0.29) is 0 Å². The Morgan fingerprint density at radius 1 is 1.19 bits per heavy atom. The largest absolute Gasteiger partial charge is 0.494 e. The fraction of sp³-hybridized carbons (Fsp3) is 0.133. The standard InChI is InChI=1S/C15H13Cl2N3O/c1-2-21-10-5-3-4-9(6-10)20-14-8-12(17)11(16)7-13(14)19-15(20)18/h3-8H,2H2,1H3,(H2,18,19). The summed E-state index contributed by atoms with van der Waals surface area (Å²) >= 11 is 12.1. The Morgan fingerprint density at radius 2 is 1.95 bits per heavy atom. The van der Waals surface area contributed by atoms with Gasteiger partial charge in [-0.25, -0.2) is 4.98 Å². The van der Waals surface area contributed by atoms with E-state index in [1.807, 2.05) is 35.8 Å². The van der Waals surface area contributed by atoms with Gasteiger partial charge in [-0.3, -0.25) is 4.57 Å². The smallest absolute Gasteiger partial charge is 0.205 e. The van der Waals surface area contributed by atoms with Gasteiger partial charge in [-0.1, -0.05) is 29.3 Å². The minimum absolute atomic E-state index is 0.372. The summed E-state index contributed by atoms with van der Waals surface area (Å²) in [6, 6.07) is 11.1. The summed E-state index contributed by atoms with van der Waals surface area (Å²) in [5, 5.41) is 0.920. The number of aromatic nitrogens is 2. The molecule has 6 heteroatoms. The lowest BCUT2D eigenvalue weighted by atomic mass is 10.2. The third kappa shape index (κ3) is 2.52. The van der Waals surface area contributed by atoms with E-state index < -0.39 is 0 Å². The molecule has 0 saturated heterocycles. The number of nitrogens with two attached hydrogens (primary N) is 1. The van der Waals surface area contributed by atoms with Crippen LogP contribution in [0.4, 0.5) is 5.95 Å². The number of anilines is 1. The minimum Gasteiger partial charge on any atom is -0.494 e. The lowest BCUT2D eigenvalue weighted by Gasteiger charge is -2.09. The highest BCUT2D eigenvalue weighted by Gasteiger charge is 2.13. The summed E-state index contributed by atoms with van der Waals surface area (Å²) in [5.74, 6) is 1.15. The zero-order chi connectivity index (χ0) is 15.0. The fourth-order valence-electron chi connectivity index (χ4n) is 2.24. The Hall–Kier alpha value is -1.91. The van der Waals surface area contributed by atoms with Gasteiger partial charge in [0.25, 0.3) is 0 Å². The summed E-state index contributed by atoms with van der Waals surface area (Å²) in [6.07, 6.45) is 0.